The van der Waals surface area contributed by atoms with E-state index in [1.165, 1.54) is 101 Å². The minimum Gasteiger partial charge on any atom is -0.463 e. The molecule has 0 saturated carbocycles. The normalized spacial score (nSPS) is 19.6. The zero-order valence-electron chi connectivity index (χ0n) is 22.5. The van der Waals surface area contributed by atoms with E-state index in [-0.39, 0.29) is 18.1 Å². The predicted molar refractivity (Wildman–Crippen MR) is 143 cm³/mol. The molecule has 1 aliphatic heterocycles. The molecule has 37 heavy (non-hydrogen) atoms. The number of esters is 1. The van der Waals surface area contributed by atoms with E-state index in [4.69, 9.17) is 9.47 Å². The van der Waals surface area contributed by atoms with Crippen molar-refractivity contribution in [1.29, 1.82) is 0 Å². The van der Waals surface area contributed by atoms with E-state index >= 15 is 0 Å². The number of ether oxygens (including phenoxy) is 2. The molecule has 2 aromatic rings. The maximum atomic E-state index is 12.1. The van der Waals surface area contributed by atoms with Crippen LogP contribution in [0.4, 0.5) is 0 Å². The molecule has 3 heterocycles. The number of rotatable bonds is 19. The highest BCUT2D eigenvalue weighted by atomic mass is 16.6. The second-order valence-corrected chi connectivity index (χ2v) is 10.4. The first-order chi connectivity index (χ1) is 18.1. The third-order valence-electron chi connectivity index (χ3n) is 7.22. The zero-order chi connectivity index (χ0) is 26.3. The van der Waals surface area contributed by atoms with Gasteiger partial charge >= 0.3 is 5.97 Å². The van der Waals surface area contributed by atoms with Crippen LogP contribution in [0.25, 0.3) is 11.0 Å². The van der Waals surface area contributed by atoms with E-state index in [1.807, 2.05) is 0 Å². The Kier molecular flexibility index (Phi) is 13.1. The predicted octanol–water partition coefficient (Wildman–Crippen LogP) is 5.57. The second-order valence-electron chi connectivity index (χ2n) is 10.4. The van der Waals surface area contributed by atoms with Crippen molar-refractivity contribution in [3.63, 3.8) is 0 Å². The lowest BCUT2D eigenvalue weighted by Crippen LogP contribution is -2.22. The van der Waals surface area contributed by atoms with Crippen LogP contribution in [0.5, 0.6) is 0 Å². The SMILES string of the molecule is CCCCCCCCCCCCCCCCCC(=O)OC[C@@H]1C[C@@H](O)[C@H](n2ncc3c(=O)[nH]cnc32)O1. The van der Waals surface area contributed by atoms with Gasteiger partial charge in [-0.3, -0.25) is 9.59 Å². The number of hydrogen-bond donors (Lipinski definition) is 2. The fraction of sp³-hybridized carbons (Fsp3) is 0.786. The van der Waals surface area contributed by atoms with Gasteiger partial charge in [-0.1, -0.05) is 96.8 Å². The average molecular weight is 519 g/mol. The topological polar surface area (TPSA) is 119 Å². The van der Waals surface area contributed by atoms with Crippen molar-refractivity contribution < 1.29 is 19.4 Å². The second kappa shape index (κ2) is 16.6. The maximum Gasteiger partial charge on any atom is 0.305 e. The highest BCUT2D eigenvalue weighted by Crippen LogP contribution is 2.30. The van der Waals surface area contributed by atoms with Crippen molar-refractivity contribution in [3.8, 4) is 0 Å². The Morgan fingerprint density at radius 3 is 2.24 bits per heavy atom. The van der Waals surface area contributed by atoms with E-state index in [2.05, 4.69) is 22.0 Å². The standard InChI is InChI=1S/C28H46N4O5/c1-2-3-4-5-6-7-8-9-10-11-12-13-14-15-16-17-25(34)36-20-22-18-24(33)28(37-22)32-26-23(19-31-32)27(35)30-21-29-26/h19,21-22,24,28,33H,2-18,20H2,1H3,(H,29,30,35)/t22-,24+,28+/m0/s1. The van der Waals surface area contributed by atoms with E-state index in [0.717, 1.165) is 12.8 Å². The van der Waals surface area contributed by atoms with E-state index in [9.17, 15) is 14.7 Å². The zero-order valence-corrected chi connectivity index (χ0v) is 22.5. The number of aromatic nitrogens is 4. The van der Waals surface area contributed by atoms with Crippen molar-refractivity contribution in [2.45, 2.75) is 135 Å². The quantitative estimate of drug-likeness (QED) is 0.184. The number of H-pyrrole nitrogens is 1. The number of carbonyl (C=O) groups is 1. The first kappa shape index (κ1) is 29.3. The fourth-order valence-electron chi connectivity index (χ4n) is 5.02. The maximum absolute atomic E-state index is 12.1. The van der Waals surface area contributed by atoms with Gasteiger partial charge in [0.1, 0.15) is 18.1 Å². The minimum atomic E-state index is -0.830. The molecule has 3 atom stereocenters. The first-order valence-corrected chi connectivity index (χ1v) is 14.5. The van der Waals surface area contributed by atoms with Gasteiger partial charge in [0.15, 0.2) is 11.9 Å². The smallest absolute Gasteiger partial charge is 0.305 e. The van der Waals surface area contributed by atoms with Gasteiger partial charge in [-0.2, -0.15) is 5.10 Å². The molecule has 3 rings (SSSR count). The number of carbonyl (C=O) groups excluding carboxylic acids is 1. The molecule has 9 heteroatoms. The van der Waals surface area contributed by atoms with Crippen LogP contribution in [0, 0.1) is 0 Å². The number of nitrogens with zero attached hydrogens (tertiary/aromatic N) is 3. The largest absolute Gasteiger partial charge is 0.463 e. The Hall–Kier alpha value is -2.26. The van der Waals surface area contributed by atoms with Gasteiger partial charge in [0.25, 0.3) is 5.56 Å². The molecule has 208 valence electrons. The number of aliphatic hydroxyl groups is 1. The van der Waals surface area contributed by atoms with Gasteiger partial charge in [-0.15, -0.1) is 0 Å². The van der Waals surface area contributed by atoms with Gasteiger partial charge in [0.05, 0.1) is 18.6 Å². The monoisotopic (exact) mass is 518 g/mol. The van der Waals surface area contributed by atoms with Gasteiger partial charge in [0, 0.05) is 12.8 Å². The van der Waals surface area contributed by atoms with E-state index < -0.39 is 18.4 Å². The summed E-state index contributed by atoms with van der Waals surface area (Å²) in [4.78, 5) is 30.6. The van der Waals surface area contributed by atoms with Crippen molar-refractivity contribution in [2.75, 3.05) is 6.61 Å². The molecule has 2 aromatic heterocycles. The van der Waals surface area contributed by atoms with Crippen LogP contribution in [-0.4, -0.2) is 49.6 Å². The molecular formula is C28H46N4O5. The summed E-state index contributed by atoms with van der Waals surface area (Å²) in [7, 11) is 0. The molecule has 0 unspecified atom stereocenters. The Morgan fingerprint density at radius 1 is 1.03 bits per heavy atom. The summed E-state index contributed by atoms with van der Waals surface area (Å²) in [6, 6.07) is 0. The number of hydrogen-bond acceptors (Lipinski definition) is 7. The summed E-state index contributed by atoms with van der Waals surface area (Å²) >= 11 is 0. The third-order valence-corrected chi connectivity index (χ3v) is 7.22. The number of aliphatic hydroxyl groups excluding tert-OH is 1. The molecule has 9 nitrogen and oxygen atoms in total. The van der Waals surface area contributed by atoms with Gasteiger partial charge < -0.3 is 19.6 Å². The molecule has 0 aromatic carbocycles. The average Bonchev–Trinajstić information content (AvgIpc) is 3.48. The number of unbranched alkanes of at least 4 members (excludes halogenated alkanes) is 14. The number of fused-ring (bicyclic) bond motifs is 1. The number of nitrogens with one attached hydrogen (secondary N) is 1. The summed E-state index contributed by atoms with van der Waals surface area (Å²) in [5, 5.41) is 14.9. The van der Waals surface area contributed by atoms with Crippen LogP contribution in [0.3, 0.4) is 0 Å². The van der Waals surface area contributed by atoms with Crippen LogP contribution < -0.4 is 5.56 Å². The van der Waals surface area contributed by atoms with Gasteiger partial charge in [-0.05, 0) is 6.42 Å². The third kappa shape index (κ3) is 9.85. The van der Waals surface area contributed by atoms with Crippen molar-refractivity contribution >= 4 is 17.0 Å². The summed E-state index contributed by atoms with van der Waals surface area (Å²) in [6.45, 7) is 2.36. The Bertz CT molecular complexity index is 975. The minimum absolute atomic E-state index is 0.0956. The summed E-state index contributed by atoms with van der Waals surface area (Å²) in [6.07, 6.45) is 20.7. The van der Waals surface area contributed by atoms with Crippen molar-refractivity contribution in [1.82, 2.24) is 19.7 Å². The fourth-order valence-corrected chi connectivity index (χ4v) is 5.02. The summed E-state index contributed by atoms with van der Waals surface area (Å²) < 4.78 is 12.7. The molecule has 0 bridgehead atoms. The molecular weight excluding hydrogens is 472 g/mol. The Morgan fingerprint density at radius 2 is 1.62 bits per heavy atom. The van der Waals surface area contributed by atoms with Crippen LogP contribution in [0.2, 0.25) is 0 Å². The van der Waals surface area contributed by atoms with Crippen LogP contribution in [0.15, 0.2) is 17.3 Å². The lowest BCUT2D eigenvalue weighted by Gasteiger charge is -2.16. The lowest BCUT2D eigenvalue weighted by molar-refractivity contribution is -0.148. The van der Waals surface area contributed by atoms with Crippen LogP contribution >= 0.6 is 0 Å². The van der Waals surface area contributed by atoms with Gasteiger partial charge in [0.2, 0.25) is 0 Å². The molecule has 0 spiro atoms. The number of aromatic amines is 1. The van der Waals surface area contributed by atoms with Crippen LogP contribution in [0.1, 0.15) is 122 Å². The Balaban J connectivity index is 1.17. The van der Waals surface area contributed by atoms with E-state index in [1.54, 1.807) is 0 Å². The molecule has 0 aliphatic carbocycles. The highest BCUT2D eigenvalue weighted by molar-refractivity contribution is 5.72. The van der Waals surface area contributed by atoms with Gasteiger partial charge in [-0.25, -0.2) is 9.67 Å². The first-order valence-electron chi connectivity index (χ1n) is 14.5. The Labute approximate surface area is 220 Å². The molecule has 1 saturated heterocycles. The van der Waals surface area contributed by atoms with Crippen molar-refractivity contribution in [2.24, 2.45) is 0 Å². The van der Waals surface area contributed by atoms with Crippen molar-refractivity contribution in [3.05, 3.63) is 22.9 Å². The summed E-state index contributed by atoms with van der Waals surface area (Å²) in [5.74, 6) is -0.228. The highest BCUT2D eigenvalue weighted by Gasteiger charge is 2.37. The molecule has 0 amide bonds. The summed E-state index contributed by atoms with van der Waals surface area (Å²) in [5.41, 5.74) is 0.0478. The molecule has 1 aliphatic rings. The molecule has 1 fully saturated rings. The lowest BCUT2D eigenvalue weighted by atomic mass is 10.0. The molecule has 0 radical (unpaired) electrons. The molecule has 2 N–H and O–H groups in total. The van der Waals surface area contributed by atoms with Crippen LogP contribution in [-0.2, 0) is 14.3 Å². The van der Waals surface area contributed by atoms with E-state index in [0.29, 0.717) is 23.9 Å².